The fraction of sp³-hybridized carbons (Fsp3) is 1.00. The molecule has 0 aliphatic heterocycles. The van der Waals surface area contributed by atoms with E-state index in [-0.39, 0.29) is 6.04 Å². The molecule has 0 saturated heterocycles. The van der Waals surface area contributed by atoms with Crippen LogP contribution in [0, 0.1) is 5.92 Å². The van der Waals surface area contributed by atoms with Gasteiger partial charge in [0, 0.05) is 6.04 Å². The summed E-state index contributed by atoms with van der Waals surface area (Å²) in [4.78, 5) is 0. The molecule has 1 aliphatic rings. The number of hydrogen-bond donors (Lipinski definition) is 1. The maximum absolute atomic E-state index is 10.9. The minimum Gasteiger partial charge on any atom is -0.213 e. The first-order valence-electron chi connectivity index (χ1n) is 4.44. The van der Waals surface area contributed by atoms with Gasteiger partial charge in [0.25, 0.3) is 0 Å². The lowest BCUT2D eigenvalue weighted by molar-refractivity contribution is 0.332. The summed E-state index contributed by atoms with van der Waals surface area (Å²) in [5.41, 5.74) is 0. The molecule has 3 nitrogen and oxygen atoms in total. The maximum atomic E-state index is 10.9. The van der Waals surface area contributed by atoms with Crippen molar-refractivity contribution in [3.63, 3.8) is 0 Å². The molecule has 0 unspecified atom stereocenters. The first-order valence-corrected chi connectivity index (χ1v) is 6.34. The molecule has 0 spiro atoms. The molecule has 12 heavy (non-hydrogen) atoms. The van der Waals surface area contributed by atoms with Crippen molar-refractivity contribution in [2.45, 2.75) is 38.6 Å². The molecular formula is C8H17NO2S. The zero-order chi connectivity index (χ0) is 9.19. The van der Waals surface area contributed by atoms with Crippen LogP contribution in [-0.2, 0) is 10.0 Å². The second-order valence-corrected chi connectivity index (χ2v) is 5.63. The highest BCUT2D eigenvalue weighted by atomic mass is 32.2. The van der Waals surface area contributed by atoms with Crippen LogP contribution in [0.3, 0.4) is 0 Å². The fourth-order valence-electron chi connectivity index (χ4n) is 1.68. The number of nitrogens with one attached hydrogen (secondary N) is 1. The van der Waals surface area contributed by atoms with Gasteiger partial charge >= 0.3 is 0 Å². The van der Waals surface area contributed by atoms with E-state index in [0.717, 1.165) is 31.6 Å². The molecule has 0 heterocycles. The van der Waals surface area contributed by atoms with Crippen LogP contribution in [-0.4, -0.2) is 20.7 Å². The second kappa shape index (κ2) is 3.75. The molecule has 72 valence electrons. The summed E-state index contributed by atoms with van der Waals surface area (Å²) in [7, 11) is -2.99. The van der Waals surface area contributed by atoms with Crippen molar-refractivity contribution in [1.29, 1.82) is 0 Å². The molecule has 4 heteroatoms. The summed E-state index contributed by atoms with van der Waals surface area (Å²) in [6, 6.07) is 0.191. The quantitative estimate of drug-likeness (QED) is 0.711. The van der Waals surface area contributed by atoms with Crippen LogP contribution in [0.2, 0.25) is 0 Å². The Morgan fingerprint density at radius 2 is 1.67 bits per heavy atom. The van der Waals surface area contributed by atoms with Gasteiger partial charge in [0.1, 0.15) is 0 Å². The average Bonchev–Trinajstić information content (AvgIpc) is 1.91. The van der Waals surface area contributed by atoms with Crippen molar-refractivity contribution < 1.29 is 8.42 Å². The van der Waals surface area contributed by atoms with Gasteiger partial charge in [-0.3, -0.25) is 0 Å². The highest BCUT2D eigenvalue weighted by Crippen LogP contribution is 2.23. The third-order valence-electron chi connectivity index (χ3n) is 2.40. The lowest BCUT2D eigenvalue weighted by Gasteiger charge is -2.25. The standard InChI is InChI=1S/C8H17NO2S/c1-7-3-5-8(6-4-7)9-12(2,10)11/h7-9H,3-6H2,1-2H3/t7-,8+. The number of sulfonamides is 1. The molecule has 1 rings (SSSR count). The van der Waals surface area contributed by atoms with Gasteiger partial charge < -0.3 is 0 Å². The number of rotatable bonds is 2. The fourth-order valence-corrected chi connectivity index (χ4v) is 2.52. The summed E-state index contributed by atoms with van der Waals surface area (Å²) in [5, 5.41) is 0. The molecule has 0 aromatic rings. The molecule has 1 aliphatic carbocycles. The Kier molecular flexibility index (Phi) is 3.12. The van der Waals surface area contributed by atoms with E-state index in [4.69, 9.17) is 0 Å². The summed E-state index contributed by atoms with van der Waals surface area (Å²) in [6.45, 7) is 2.22. The van der Waals surface area contributed by atoms with E-state index in [1.807, 2.05) is 0 Å². The van der Waals surface area contributed by atoms with E-state index in [0.29, 0.717) is 0 Å². The van der Waals surface area contributed by atoms with Crippen molar-refractivity contribution in [3.05, 3.63) is 0 Å². The van der Waals surface area contributed by atoms with Gasteiger partial charge in [0.05, 0.1) is 6.26 Å². The molecule has 0 aromatic heterocycles. The summed E-state index contributed by atoms with van der Waals surface area (Å²) >= 11 is 0. The van der Waals surface area contributed by atoms with E-state index in [9.17, 15) is 8.42 Å². The van der Waals surface area contributed by atoms with Gasteiger partial charge in [-0.1, -0.05) is 6.92 Å². The van der Waals surface area contributed by atoms with Crippen molar-refractivity contribution in [2.75, 3.05) is 6.26 Å². The topological polar surface area (TPSA) is 46.2 Å². The van der Waals surface area contributed by atoms with Gasteiger partial charge in [-0.25, -0.2) is 13.1 Å². The van der Waals surface area contributed by atoms with E-state index in [1.54, 1.807) is 0 Å². The Morgan fingerprint density at radius 1 is 1.17 bits per heavy atom. The molecule has 1 saturated carbocycles. The van der Waals surface area contributed by atoms with E-state index in [1.165, 1.54) is 6.26 Å². The van der Waals surface area contributed by atoms with E-state index < -0.39 is 10.0 Å². The molecule has 0 bridgehead atoms. The van der Waals surface area contributed by atoms with Crippen LogP contribution in [0.15, 0.2) is 0 Å². The van der Waals surface area contributed by atoms with E-state index in [2.05, 4.69) is 11.6 Å². The smallest absolute Gasteiger partial charge is 0.208 e. The van der Waals surface area contributed by atoms with Crippen molar-refractivity contribution in [2.24, 2.45) is 5.92 Å². The van der Waals surface area contributed by atoms with Crippen LogP contribution >= 0.6 is 0 Å². The third-order valence-corrected chi connectivity index (χ3v) is 3.16. The highest BCUT2D eigenvalue weighted by Gasteiger charge is 2.20. The SMILES string of the molecule is CS(=O)(=O)N[C@H]1CC[C@@H](C)CC1. The Labute approximate surface area is 74.6 Å². The predicted molar refractivity (Wildman–Crippen MR) is 49.4 cm³/mol. The predicted octanol–water partition coefficient (Wildman–Crippen LogP) is 1.11. The molecule has 1 fully saturated rings. The van der Waals surface area contributed by atoms with Gasteiger partial charge in [0.2, 0.25) is 10.0 Å². The molecular weight excluding hydrogens is 174 g/mol. The third kappa shape index (κ3) is 3.54. The Bertz CT molecular complexity index is 227. The lowest BCUT2D eigenvalue weighted by atomic mass is 9.88. The van der Waals surface area contributed by atoms with Gasteiger partial charge in [-0.2, -0.15) is 0 Å². The van der Waals surface area contributed by atoms with Gasteiger partial charge in [-0.15, -0.1) is 0 Å². The van der Waals surface area contributed by atoms with E-state index >= 15 is 0 Å². The molecule has 1 N–H and O–H groups in total. The maximum Gasteiger partial charge on any atom is 0.208 e. The zero-order valence-electron chi connectivity index (χ0n) is 7.71. The first kappa shape index (κ1) is 9.99. The van der Waals surface area contributed by atoms with Crippen molar-refractivity contribution >= 4 is 10.0 Å². The lowest BCUT2D eigenvalue weighted by Crippen LogP contribution is -2.36. The molecule has 0 radical (unpaired) electrons. The molecule has 0 aromatic carbocycles. The molecule has 0 atom stereocenters. The Balaban J connectivity index is 2.36. The minimum atomic E-state index is -2.99. The van der Waals surface area contributed by atoms with Crippen LogP contribution in [0.1, 0.15) is 32.6 Å². The Morgan fingerprint density at radius 3 is 2.08 bits per heavy atom. The second-order valence-electron chi connectivity index (χ2n) is 3.85. The first-order chi connectivity index (χ1) is 5.47. The molecule has 0 amide bonds. The van der Waals surface area contributed by atoms with Gasteiger partial charge in [0.15, 0.2) is 0 Å². The van der Waals surface area contributed by atoms with Gasteiger partial charge in [-0.05, 0) is 31.6 Å². The Hall–Kier alpha value is -0.0900. The number of hydrogen-bond acceptors (Lipinski definition) is 2. The summed E-state index contributed by atoms with van der Waals surface area (Å²) < 4.78 is 24.4. The van der Waals surface area contributed by atoms with Crippen LogP contribution in [0.25, 0.3) is 0 Å². The highest BCUT2D eigenvalue weighted by molar-refractivity contribution is 7.88. The van der Waals surface area contributed by atoms with Crippen LogP contribution in [0.5, 0.6) is 0 Å². The largest absolute Gasteiger partial charge is 0.213 e. The normalized spacial score (nSPS) is 31.8. The summed E-state index contributed by atoms with van der Waals surface area (Å²) in [6.07, 6.45) is 5.51. The van der Waals surface area contributed by atoms with Crippen LogP contribution < -0.4 is 4.72 Å². The monoisotopic (exact) mass is 191 g/mol. The zero-order valence-corrected chi connectivity index (χ0v) is 8.52. The minimum absolute atomic E-state index is 0.191. The average molecular weight is 191 g/mol. The van der Waals surface area contributed by atoms with Crippen molar-refractivity contribution in [3.8, 4) is 0 Å². The van der Waals surface area contributed by atoms with Crippen molar-refractivity contribution in [1.82, 2.24) is 4.72 Å². The van der Waals surface area contributed by atoms with Crippen LogP contribution in [0.4, 0.5) is 0 Å². The summed E-state index contributed by atoms with van der Waals surface area (Å²) in [5.74, 6) is 0.766.